The van der Waals surface area contributed by atoms with Gasteiger partial charge in [0.2, 0.25) is 0 Å². The quantitative estimate of drug-likeness (QED) is 0.351. The molecule has 1 unspecified atom stereocenters. The molecular formula is C25H37N5O3S. The lowest BCUT2D eigenvalue weighted by atomic mass is 10.1. The molecule has 3 heterocycles. The van der Waals surface area contributed by atoms with E-state index in [-0.39, 0.29) is 24.3 Å². The average Bonchev–Trinajstić information content (AvgIpc) is 3.25. The lowest BCUT2D eigenvalue weighted by molar-refractivity contribution is 0.0369. The summed E-state index contributed by atoms with van der Waals surface area (Å²) < 4.78 is 5.41. The van der Waals surface area contributed by atoms with Crippen LogP contribution in [-0.2, 0) is 17.7 Å². The topological polar surface area (TPSA) is 101 Å². The fourth-order valence-electron chi connectivity index (χ4n) is 3.76. The molecule has 1 saturated heterocycles. The number of nitrogens with zero attached hydrogens (tertiary/aromatic N) is 3. The zero-order valence-corrected chi connectivity index (χ0v) is 21.1. The van der Waals surface area contributed by atoms with Crippen molar-refractivity contribution in [3.8, 4) is 0 Å². The minimum Gasteiger partial charge on any atom is -0.398 e. The highest BCUT2D eigenvalue weighted by atomic mass is 32.1. The second-order valence-electron chi connectivity index (χ2n) is 8.85. The van der Waals surface area contributed by atoms with E-state index in [1.807, 2.05) is 28.7 Å². The molecule has 0 aromatic carbocycles. The van der Waals surface area contributed by atoms with Gasteiger partial charge in [-0.2, -0.15) is 0 Å². The normalized spacial score (nSPS) is 15.1. The van der Waals surface area contributed by atoms with E-state index in [9.17, 15) is 9.59 Å². The summed E-state index contributed by atoms with van der Waals surface area (Å²) in [6.45, 7) is 9.78. The number of carbonyl (C=O) groups excluding carboxylic acids is 2. The van der Waals surface area contributed by atoms with Crippen molar-refractivity contribution in [3.05, 3.63) is 45.9 Å². The van der Waals surface area contributed by atoms with Crippen molar-refractivity contribution in [2.75, 3.05) is 45.1 Å². The molecule has 0 radical (unpaired) electrons. The monoisotopic (exact) mass is 487 g/mol. The van der Waals surface area contributed by atoms with Crippen molar-refractivity contribution >= 4 is 28.8 Å². The maximum atomic E-state index is 12.9. The van der Waals surface area contributed by atoms with Crippen molar-refractivity contribution in [3.63, 3.8) is 0 Å². The Labute approximate surface area is 206 Å². The number of hydrogen-bond donors (Lipinski definition) is 2. The number of Topliss-reactive ketones (excluding diaryl/α,β-unsaturated/α-hetero) is 1. The Bertz CT molecular complexity index is 912. The molecular weight excluding hydrogens is 450 g/mol. The molecule has 8 nitrogen and oxygen atoms in total. The Morgan fingerprint density at radius 2 is 2.06 bits per heavy atom. The van der Waals surface area contributed by atoms with Crippen molar-refractivity contribution in [1.82, 2.24) is 20.1 Å². The van der Waals surface area contributed by atoms with E-state index in [1.165, 1.54) is 11.3 Å². The first-order chi connectivity index (χ1) is 16.5. The number of pyridine rings is 1. The Morgan fingerprint density at radius 3 is 2.71 bits per heavy atom. The van der Waals surface area contributed by atoms with E-state index < -0.39 is 0 Å². The summed E-state index contributed by atoms with van der Waals surface area (Å²) >= 11 is 1.49. The van der Waals surface area contributed by atoms with Crippen molar-refractivity contribution in [1.29, 1.82) is 0 Å². The molecule has 1 fully saturated rings. The fourth-order valence-corrected chi connectivity index (χ4v) is 4.51. The highest BCUT2D eigenvalue weighted by Gasteiger charge is 2.17. The molecule has 2 amide bonds. The van der Waals surface area contributed by atoms with Gasteiger partial charge in [-0.1, -0.05) is 13.0 Å². The smallest absolute Gasteiger partial charge is 0.317 e. The first-order valence-corrected chi connectivity index (χ1v) is 13.0. The summed E-state index contributed by atoms with van der Waals surface area (Å²) in [6, 6.07) is 3.68. The lowest BCUT2D eigenvalue weighted by Gasteiger charge is -2.28. The van der Waals surface area contributed by atoms with E-state index in [0.29, 0.717) is 24.5 Å². The van der Waals surface area contributed by atoms with Crippen LogP contribution in [0.5, 0.6) is 0 Å². The van der Waals surface area contributed by atoms with Crippen LogP contribution in [0.1, 0.15) is 54.7 Å². The molecule has 34 heavy (non-hydrogen) atoms. The molecule has 2 aromatic heterocycles. The van der Waals surface area contributed by atoms with E-state index in [0.717, 1.165) is 63.2 Å². The number of unbranched alkanes of at least 4 members (excludes halogenated alkanes) is 1. The molecule has 1 aliphatic rings. The third-order valence-electron chi connectivity index (χ3n) is 6.14. The second-order valence-corrected chi connectivity index (χ2v) is 9.59. The molecule has 1 aliphatic heterocycles. The molecule has 0 spiro atoms. The predicted octanol–water partition coefficient (Wildman–Crippen LogP) is 3.57. The molecule has 1 atom stereocenters. The Morgan fingerprint density at radius 1 is 1.26 bits per heavy atom. The Hall–Kier alpha value is -2.49. The van der Waals surface area contributed by atoms with Crippen LogP contribution < -0.4 is 11.1 Å². The van der Waals surface area contributed by atoms with Gasteiger partial charge in [-0.15, -0.1) is 11.3 Å². The summed E-state index contributed by atoms with van der Waals surface area (Å²) in [5, 5.41) is 6.80. The van der Waals surface area contributed by atoms with Gasteiger partial charge in [0.05, 0.1) is 13.2 Å². The minimum absolute atomic E-state index is 0.0613. The summed E-state index contributed by atoms with van der Waals surface area (Å²) in [5.74, 6) is -0.0638. The highest BCUT2D eigenvalue weighted by Crippen LogP contribution is 2.19. The first-order valence-electron chi connectivity index (χ1n) is 12.1. The maximum absolute atomic E-state index is 12.9. The lowest BCUT2D eigenvalue weighted by Crippen LogP contribution is -2.44. The molecule has 9 heteroatoms. The van der Waals surface area contributed by atoms with Crippen molar-refractivity contribution in [2.24, 2.45) is 0 Å². The van der Waals surface area contributed by atoms with Crippen LogP contribution in [-0.4, -0.2) is 72.0 Å². The number of morpholine rings is 1. The summed E-state index contributed by atoms with van der Waals surface area (Å²) in [4.78, 5) is 34.1. The van der Waals surface area contributed by atoms with Crippen LogP contribution in [0.25, 0.3) is 0 Å². The van der Waals surface area contributed by atoms with E-state index >= 15 is 0 Å². The molecule has 0 bridgehead atoms. The van der Waals surface area contributed by atoms with Gasteiger partial charge >= 0.3 is 6.03 Å². The Balaban J connectivity index is 1.55. The molecule has 2 aromatic rings. The molecule has 3 N–H and O–H groups in total. The second kappa shape index (κ2) is 13.4. The standard InChI is InChI=1S/C25H37N5O3S/c1-3-19(2)28-25(32)30(9-5-4-8-29-10-12-33-13-11-29)16-20-6-7-23(27-15-20)24(31)14-21-17-34-18-22(21)26/h6-7,15,17-19H,3-5,8-14,16,26H2,1-2H3,(H,28,32). The van der Waals surface area contributed by atoms with Crippen LogP contribution in [0.3, 0.4) is 0 Å². The zero-order chi connectivity index (χ0) is 24.3. The summed E-state index contributed by atoms with van der Waals surface area (Å²) in [6.07, 6.45) is 4.78. The zero-order valence-electron chi connectivity index (χ0n) is 20.3. The van der Waals surface area contributed by atoms with Crippen LogP contribution in [0.15, 0.2) is 29.1 Å². The van der Waals surface area contributed by atoms with Crippen LogP contribution in [0.4, 0.5) is 10.5 Å². The number of aromatic nitrogens is 1. The third kappa shape index (κ3) is 8.07. The first kappa shape index (κ1) is 26.1. The van der Waals surface area contributed by atoms with Crippen LogP contribution in [0.2, 0.25) is 0 Å². The fraction of sp³-hybridized carbons (Fsp3) is 0.560. The summed E-state index contributed by atoms with van der Waals surface area (Å²) in [7, 11) is 0. The predicted molar refractivity (Wildman–Crippen MR) is 136 cm³/mol. The number of thiophene rings is 1. The van der Waals surface area contributed by atoms with Gasteiger partial charge < -0.3 is 20.7 Å². The number of amides is 2. The molecule has 0 saturated carbocycles. The van der Waals surface area contributed by atoms with Crippen molar-refractivity contribution < 1.29 is 14.3 Å². The minimum atomic E-state index is -0.0638. The Kier molecular flexibility index (Phi) is 10.3. The third-order valence-corrected chi connectivity index (χ3v) is 6.95. The van der Waals surface area contributed by atoms with Gasteiger partial charge in [0.15, 0.2) is 5.78 Å². The number of anilines is 1. The molecule has 3 rings (SSSR count). The van der Waals surface area contributed by atoms with E-state index in [4.69, 9.17) is 10.5 Å². The number of ether oxygens (including phenoxy) is 1. The average molecular weight is 488 g/mol. The molecule has 186 valence electrons. The number of nitrogen functional groups attached to an aromatic ring is 1. The van der Waals surface area contributed by atoms with Gasteiger partial charge in [-0.25, -0.2) is 4.79 Å². The number of urea groups is 1. The number of hydrogen-bond acceptors (Lipinski definition) is 7. The van der Waals surface area contributed by atoms with E-state index in [2.05, 4.69) is 22.1 Å². The van der Waals surface area contributed by atoms with Gasteiger partial charge in [0, 0.05) is 55.9 Å². The number of nitrogens with two attached hydrogens (primary N) is 1. The highest BCUT2D eigenvalue weighted by molar-refractivity contribution is 7.08. The van der Waals surface area contributed by atoms with Crippen LogP contribution in [0, 0.1) is 0 Å². The van der Waals surface area contributed by atoms with Gasteiger partial charge in [0.25, 0.3) is 0 Å². The van der Waals surface area contributed by atoms with Crippen LogP contribution >= 0.6 is 11.3 Å². The number of nitrogens with one attached hydrogen (secondary N) is 1. The number of carbonyl (C=O) groups is 2. The largest absolute Gasteiger partial charge is 0.398 e. The van der Waals surface area contributed by atoms with Crippen molar-refractivity contribution in [2.45, 2.75) is 52.1 Å². The molecule has 0 aliphatic carbocycles. The van der Waals surface area contributed by atoms with Gasteiger partial charge in [0.1, 0.15) is 5.69 Å². The van der Waals surface area contributed by atoms with Gasteiger partial charge in [-0.05, 0) is 55.3 Å². The van der Waals surface area contributed by atoms with Gasteiger partial charge in [-0.3, -0.25) is 14.7 Å². The maximum Gasteiger partial charge on any atom is 0.317 e. The van der Waals surface area contributed by atoms with E-state index in [1.54, 1.807) is 12.3 Å². The summed E-state index contributed by atoms with van der Waals surface area (Å²) in [5.41, 5.74) is 8.70. The number of ketones is 1. The number of rotatable bonds is 12. The SMILES string of the molecule is CCC(C)NC(=O)N(CCCCN1CCOCC1)Cc1ccc(C(=O)Cc2cscc2N)nc1.